The average molecular weight is 245 g/mol. The Labute approximate surface area is 105 Å². The maximum absolute atomic E-state index is 5.37. The lowest BCUT2D eigenvalue weighted by Crippen LogP contribution is -2.26. The highest BCUT2D eigenvalue weighted by atomic mass is 16.5. The summed E-state index contributed by atoms with van der Waals surface area (Å²) >= 11 is 0. The van der Waals surface area contributed by atoms with E-state index in [0.29, 0.717) is 12.5 Å². The molecule has 0 saturated carbocycles. The summed E-state index contributed by atoms with van der Waals surface area (Å²) in [6.07, 6.45) is 4.35. The zero-order chi connectivity index (χ0) is 12.4. The number of anilines is 1. The molecule has 0 spiro atoms. The summed E-state index contributed by atoms with van der Waals surface area (Å²) in [5.74, 6) is 1.62. The molecule has 2 aromatic heterocycles. The molecule has 0 aliphatic carbocycles. The van der Waals surface area contributed by atoms with Gasteiger partial charge in [-0.2, -0.15) is 0 Å². The van der Waals surface area contributed by atoms with Crippen molar-refractivity contribution in [2.24, 2.45) is 0 Å². The number of aromatic nitrogens is 3. The molecule has 3 rings (SSSR count). The molecule has 6 nitrogen and oxygen atoms in total. The van der Waals surface area contributed by atoms with E-state index >= 15 is 0 Å². The van der Waals surface area contributed by atoms with Crippen molar-refractivity contribution in [3.8, 4) is 0 Å². The van der Waals surface area contributed by atoms with Crippen molar-refractivity contribution in [1.82, 2.24) is 20.0 Å². The minimum Gasteiger partial charge on any atom is -0.361 e. The van der Waals surface area contributed by atoms with Crippen molar-refractivity contribution < 1.29 is 4.52 Å². The molecule has 0 unspecified atom stereocenters. The molecule has 94 valence electrons. The summed E-state index contributed by atoms with van der Waals surface area (Å²) in [6, 6.07) is 1.79. The Hall–Kier alpha value is -1.95. The molecule has 18 heavy (non-hydrogen) atoms. The fourth-order valence-corrected chi connectivity index (χ4v) is 2.09. The first-order valence-corrected chi connectivity index (χ1v) is 5.98. The van der Waals surface area contributed by atoms with Crippen LogP contribution in [0.15, 0.2) is 23.0 Å². The summed E-state index contributed by atoms with van der Waals surface area (Å²) in [7, 11) is 2.10. The van der Waals surface area contributed by atoms with Gasteiger partial charge in [0, 0.05) is 37.5 Å². The van der Waals surface area contributed by atoms with Gasteiger partial charge in [0.25, 0.3) is 0 Å². The minimum atomic E-state index is 0.594. The highest BCUT2D eigenvalue weighted by Crippen LogP contribution is 2.21. The SMILES string of the molecule is CN1CCc2onc(CNc3ncccn3)c2C1. The molecular formula is C12H15N5O. The predicted octanol–water partition coefficient (Wildman–Crippen LogP) is 1.06. The number of nitrogens with one attached hydrogen (secondary N) is 1. The van der Waals surface area contributed by atoms with E-state index in [1.807, 2.05) is 0 Å². The fraction of sp³-hybridized carbons (Fsp3) is 0.417. The van der Waals surface area contributed by atoms with Gasteiger partial charge in [0.1, 0.15) is 11.5 Å². The Balaban J connectivity index is 1.72. The largest absolute Gasteiger partial charge is 0.361 e. The quantitative estimate of drug-likeness (QED) is 0.872. The molecule has 0 amide bonds. The Morgan fingerprint density at radius 1 is 1.39 bits per heavy atom. The standard InChI is InChI=1S/C12H15N5O/c1-17-6-3-11-9(8-17)10(16-18-11)7-15-12-13-4-2-5-14-12/h2,4-5H,3,6-8H2,1H3,(H,13,14,15). The first-order chi connectivity index (χ1) is 8.83. The van der Waals surface area contributed by atoms with Crippen LogP contribution in [0.2, 0.25) is 0 Å². The van der Waals surface area contributed by atoms with Gasteiger partial charge in [-0.1, -0.05) is 5.16 Å². The monoisotopic (exact) mass is 245 g/mol. The van der Waals surface area contributed by atoms with E-state index in [4.69, 9.17) is 4.52 Å². The van der Waals surface area contributed by atoms with Crippen LogP contribution >= 0.6 is 0 Å². The van der Waals surface area contributed by atoms with Crippen LogP contribution < -0.4 is 5.32 Å². The first-order valence-electron chi connectivity index (χ1n) is 5.98. The van der Waals surface area contributed by atoms with Gasteiger partial charge in [0.05, 0.1) is 6.54 Å². The fourth-order valence-electron chi connectivity index (χ4n) is 2.09. The van der Waals surface area contributed by atoms with Crippen molar-refractivity contribution in [2.45, 2.75) is 19.5 Å². The van der Waals surface area contributed by atoms with Gasteiger partial charge >= 0.3 is 0 Å². The third-order valence-electron chi connectivity index (χ3n) is 3.08. The van der Waals surface area contributed by atoms with Gasteiger partial charge in [-0.3, -0.25) is 0 Å². The normalized spacial score (nSPS) is 15.4. The molecule has 0 atom stereocenters. The van der Waals surface area contributed by atoms with E-state index < -0.39 is 0 Å². The third-order valence-corrected chi connectivity index (χ3v) is 3.08. The van der Waals surface area contributed by atoms with Crippen LogP contribution in [0, 0.1) is 0 Å². The summed E-state index contributed by atoms with van der Waals surface area (Å²) < 4.78 is 5.37. The molecule has 1 aliphatic rings. The van der Waals surface area contributed by atoms with Crippen molar-refractivity contribution in [1.29, 1.82) is 0 Å². The van der Waals surface area contributed by atoms with Gasteiger partial charge in [-0.15, -0.1) is 0 Å². The lowest BCUT2D eigenvalue weighted by Gasteiger charge is -2.21. The average Bonchev–Trinajstić information content (AvgIpc) is 2.80. The van der Waals surface area contributed by atoms with Gasteiger partial charge in [-0.25, -0.2) is 9.97 Å². The summed E-state index contributed by atoms with van der Waals surface area (Å²) in [6.45, 7) is 2.51. The van der Waals surface area contributed by atoms with Crippen LogP contribution in [-0.4, -0.2) is 33.6 Å². The molecule has 2 aromatic rings. The second kappa shape index (κ2) is 4.73. The number of hydrogen-bond acceptors (Lipinski definition) is 6. The lowest BCUT2D eigenvalue weighted by molar-refractivity contribution is 0.281. The smallest absolute Gasteiger partial charge is 0.222 e. The highest BCUT2D eigenvalue weighted by molar-refractivity contribution is 5.30. The molecule has 0 radical (unpaired) electrons. The maximum atomic E-state index is 5.37. The second-order valence-corrected chi connectivity index (χ2v) is 4.44. The van der Waals surface area contributed by atoms with Crippen LogP contribution in [0.25, 0.3) is 0 Å². The van der Waals surface area contributed by atoms with E-state index in [9.17, 15) is 0 Å². The number of rotatable bonds is 3. The first kappa shape index (κ1) is 11.2. The van der Waals surface area contributed by atoms with Crippen molar-refractivity contribution in [3.63, 3.8) is 0 Å². The molecule has 6 heteroatoms. The summed E-state index contributed by atoms with van der Waals surface area (Å²) in [5, 5.41) is 7.28. The van der Waals surface area contributed by atoms with Gasteiger partial charge in [-0.05, 0) is 13.1 Å². The van der Waals surface area contributed by atoms with E-state index in [1.54, 1.807) is 18.5 Å². The van der Waals surface area contributed by atoms with Crippen LogP contribution in [0.5, 0.6) is 0 Å². The number of fused-ring (bicyclic) bond motifs is 1. The zero-order valence-corrected chi connectivity index (χ0v) is 10.3. The van der Waals surface area contributed by atoms with Crippen LogP contribution in [0.3, 0.4) is 0 Å². The molecule has 0 fully saturated rings. The number of likely N-dealkylation sites (N-methyl/N-ethyl adjacent to an activating group) is 1. The molecule has 1 aliphatic heterocycles. The predicted molar refractivity (Wildman–Crippen MR) is 65.9 cm³/mol. The van der Waals surface area contributed by atoms with E-state index in [1.165, 1.54) is 5.56 Å². The number of hydrogen-bond donors (Lipinski definition) is 1. The summed E-state index contributed by atoms with van der Waals surface area (Å²) in [5.41, 5.74) is 2.15. The van der Waals surface area contributed by atoms with E-state index in [-0.39, 0.29) is 0 Å². The Kier molecular flexibility index (Phi) is 2.93. The van der Waals surface area contributed by atoms with Crippen molar-refractivity contribution >= 4 is 5.95 Å². The summed E-state index contributed by atoms with van der Waals surface area (Å²) in [4.78, 5) is 10.5. The van der Waals surface area contributed by atoms with Gasteiger partial charge in [0.2, 0.25) is 5.95 Å². The topological polar surface area (TPSA) is 67.1 Å². The molecule has 3 heterocycles. The number of nitrogens with zero attached hydrogens (tertiary/aromatic N) is 4. The second-order valence-electron chi connectivity index (χ2n) is 4.44. The van der Waals surface area contributed by atoms with Crippen molar-refractivity contribution in [3.05, 3.63) is 35.5 Å². The zero-order valence-electron chi connectivity index (χ0n) is 10.3. The van der Waals surface area contributed by atoms with Crippen LogP contribution in [0.4, 0.5) is 5.95 Å². The molecular weight excluding hydrogens is 230 g/mol. The van der Waals surface area contributed by atoms with E-state index in [0.717, 1.165) is 31.0 Å². The molecule has 0 bridgehead atoms. The Bertz CT molecular complexity index is 525. The molecule has 0 aromatic carbocycles. The minimum absolute atomic E-state index is 0.594. The van der Waals surface area contributed by atoms with Gasteiger partial charge < -0.3 is 14.7 Å². The Morgan fingerprint density at radius 3 is 3.06 bits per heavy atom. The molecule has 0 saturated heterocycles. The lowest BCUT2D eigenvalue weighted by atomic mass is 10.1. The maximum Gasteiger partial charge on any atom is 0.222 e. The van der Waals surface area contributed by atoms with Crippen LogP contribution in [-0.2, 0) is 19.5 Å². The van der Waals surface area contributed by atoms with E-state index in [2.05, 4.69) is 32.4 Å². The highest BCUT2D eigenvalue weighted by Gasteiger charge is 2.21. The Morgan fingerprint density at radius 2 is 2.22 bits per heavy atom. The molecule has 1 N–H and O–H groups in total. The third kappa shape index (κ3) is 2.19. The van der Waals surface area contributed by atoms with Crippen molar-refractivity contribution in [2.75, 3.05) is 18.9 Å². The van der Waals surface area contributed by atoms with Crippen LogP contribution in [0.1, 0.15) is 17.0 Å². The van der Waals surface area contributed by atoms with Gasteiger partial charge in [0.15, 0.2) is 0 Å².